The van der Waals surface area contributed by atoms with E-state index in [1.165, 1.54) is 5.56 Å². The largest absolute Gasteiger partial charge is 0.384 e. The van der Waals surface area contributed by atoms with Gasteiger partial charge in [0.1, 0.15) is 5.84 Å². The Labute approximate surface area is 104 Å². The highest BCUT2D eigenvalue weighted by Gasteiger charge is 2.14. The lowest BCUT2D eigenvalue weighted by atomic mass is 10.1. The van der Waals surface area contributed by atoms with Crippen molar-refractivity contribution in [2.75, 3.05) is 24.6 Å². The highest BCUT2D eigenvalue weighted by Crippen LogP contribution is 2.09. The highest BCUT2D eigenvalue weighted by molar-refractivity contribution is 7.85. The smallest absolute Gasteiger partial charge is 0.122 e. The van der Waals surface area contributed by atoms with Gasteiger partial charge in [-0.05, 0) is 5.56 Å². The maximum Gasteiger partial charge on any atom is 0.122 e. The predicted molar refractivity (Wildman–Crippen MR) is 70.6 cm³/mol. The Kier molecular flexibility index (Phi) is 3.91. The van der Waals surface area contributed by atoms with Crippen LogP contribution in [0.3, 0.4) is 0 Å². The second-order valence-corrected chi connectivity index (χ2v) is 5.93. The van der Waals surface area contributed by atoms with E-state index in [1.54, 1.807) is 0 Å². The van der Waals surface area contributed by atoms with E-state index < -0.39 is 10.8 Å². The van der Waals surface area contributed by atoms with Gasteiger partial charge in [0.2, 0.25) is 0 Å². The van der Waals surface area contributed by atoms with Gasteiger partial charge in [0.15, 0.2) is 0 Å². The van der Waals surface area contributed by atoms with Crippen LogP contribution in [0.4, 0.5) is 0 Å². The van der Waals surface area contributed by atoms with Gasteiger partial charge >= 0.3 is 0 Å². The summed E-state index contributed by atoms with van der Waals surface area (Å²) in [5, 5.41) is 7.31. The van der Waals surface area contributed by atoms with Gasteiger partial charge in [-0.1, -0.05) is 24.3 Å². The Morgan fingerprint density at radius 2 is 1.88 bits per heavy atom. The number of amidine groups is 1. The van der Waals surface area contributed by atoms with Crippen LogP contribution < -0.4 is 5.73 Å². The summed E-state index contributed by atoms with van der Waals surface area (Å²) in [6.07, 6.45) is 0. The first-order valence-corrected chi connectivity index (χ1v) is 7.14. The molecule has 0 spiro atoms. The van der Waals surface area contributed by atoms with Gasteiger partial charge in [-0.2, -0.15) is 0 Å². The van der Waals surface area contributed by atoms with E-state index >= 15 is 0 Å². The van der Waals surface area contributed by atoms with Crippen LogP contribution >= 0.6 is 0 Å². The van der Waals surface area contributed by atoms with Crippen molar-refractivity contribution in [3.05, 3.63) is 35.4 Å². The normalized spacial score (nSPS) is 18.1. The molecule has 17 heavy (non-hydrogen) atoms. The third kappa shape index (κ3) is 3.38. The molecule has 3 N–H and O–H groups in total. The summed E-state index contributed by atoms with van der Waals surface area (Å²) < 4.78 is 11.2. The molecule has 1 heterocycles. The molecule has 0 saturated carbocycles. The number of hydrogen-bond acceptors (Lipinski definition) is 3. The highest BCUT2D eigenvalue weighted by atomic mass is 32.2. The lowest BCUT2D eigenvalue weighted by Crippen LogP contribution is -2.37. The lowest BCUT2D eigenvalue weighted by molar-refractivity contribution is 0.291. The molecule has 0 aromatic heterocycles. The van der Waals surface area contributed by atoms with Crippen LogP contribution in [0, 0.1) is 5.41 Å². The van der Waals surface area contributed by atoms with Crippen LogP contribution in [0.15, 0.2) is 24.3 Å². The van der Waals surface area contributed by atoms with Crippen LogP contribution in [0.1, 0.15) is 11.1 Å². The molecular formula is C12H17N3OS. The molecule has 1 aromatic rings. The Morgan fingerprint density at radius 1 is 1.29 bits per heavy atom. The second kappa shape index (κ2) is 5.42. The number of benzene rings is 1. The van der Waals surface area contributed by atoms with E-state index in [0.29, 0.717) is 0 Å². The topological polar surface area (TPSA) is 70.2 Å². The van der Waals surface area contributed by atoms with Crippen LogP contribution in [0.25, 0.3) is 0 Å². The Balaban J connectivity index is 1.95. The average molecular weight is 251 g/mol. The number of nitrogen functional groups attached to an aromatic ring is 1. The number of nitrogens with two attached hydrogens (primary N) is 1. The first-order chi connectivity index (χ1) is 8.15. The molecule has 0 aliphatic carbocycles. The molecule has 1 aliphatic heterocycles. The summed E-state index contributed by atoms with van der Waals surface area (Å²) in [5.74, 6) is 1.67. The molecule has 4 nitrogen and oxygen atoms in total. The summed E-state index contributed by atoms with van der Waals surface area (Å²) in [7, 11) is -0.615. The molecule has 5 heteroatoms. The Hall–Kier alpha value is -1.20. The maximum absolute atomic E-state index is 11.2. The molecule has 0 bridgehead atoms. The van der Waals surface area contributed by atoms with E-state index in [-0.39, 0.29) is 5.84 Å². The lowest BCUT2D eigenvalue weighted by Gasteiger charge is -2.26. The van der Waals surface area contributed by atoms with Gasteiger partial charge in [-0.3, -0.25) is 14.5 Å². The number of hydrogen-bond donors (Lipinski definition) is 2. The SMILES string of the molecule is N=C(N)c1ccc(CN2CCS(=O)CC2)cc1. The minimum atomic E-state index is -0.615. The number of nitrogens with one attached hydrogen (secondary N) is 1. The minimum absolute atomic E-state index is 0.102. The van der Waals surface area contributed by atoms with E-state index in [0.717, 1.165) is 36.7 Å². The van der Waals surface area contributed by atoms with Crippen molar-refractivity contribution in [2.45, 2.75) is 6.54 Å². The zero-order valence-corrected chi connectivity index (χ0v) is 10.5. The van der Waals surface area contributed by atoms with Crippen molar-refractivity contribution in [2.24, 2.45) is 5.73 Å². The molecule has 1 fully saturated rings. The van der Waals surface area contributed by atoms with Crippen molar-refractivity contribution in [3.8, 4) is 0 Å². The summed E-state index contributed by atoms with van der Waals surface area (Å²) in [6.45, 7) is 2.69. The monoisotopic (exact) mass is 251 g/mol. The summed E-state index contributed by atoms with van der Waals surface area (Å²) in [6, 6.07) is 7.75. The standard InChI is InChI=1S/C12H17N3OS/c13-12(14)11-3-1-10(2-4-11)9-15-5-7-17(16)8-6-15/h1-4H,5-9H2,(H3,13,14). The minimum Gasteiger partial charge on any atom is -0.384 e. The molecule has 2 rings (SSSR count). The predicted octanol–water partition coefficient (Wildman–Crippen LogP) is 0.535. The zero-order valence-electron chi connectivity index (χ0n) is 9.69. The van der Waals surface area contributed by atoms with Gasteiger partial charge in [0.25, 0.3) is 0 Å². The third-order valence-electron chi connectivity index (χ3n) is 2.94. The number of rotatable bonds is 3. The van der Waals surface area contributed by atoms with Crippen LogP contribution in [0.2, 0.25) is 0 Å². The molecule has 0 atom stereocenters. The summed E-state index contributed by atoms with van der Waals surface area (Å²) >= 11 is 0. The van der Waals surface area contributed by atoms with Crippen LogP contribution in [0.5, 0.6) is 0 Å². The molecule has 0 radical (unpaired) electrons. The second-order valence-electron chi connectivity index (χ2n) is 4.23. The van der Waals surface area contributed by atoms with E-state index in [1.807, 2.05) is 24.3 Å². The molecule has 0 amide bonds. The van der Waals surface area contributed by atoms with Gasteiger partial charge < -0.3 is 5.73 Å². The fraction of sp³-hybridized carbons (Fsp3) is 0.417. The summed E-state index contributed by atoms with van der Waals surface area (Å²) in [4.78, 5) is 2.31. The van der Waals surface area contributed by atoms with Crippen LogP contribution in [-0.2, 0) is 17.3 Å². The molecule has 92 valence electrons. The molecule has 0 unspecified atom stereocenters. The van der Waals surface area contributed by atoms with Gasteiger partial charge in [0.05, 0.1) is 0 Å². The maximum atomic E-state index is 11.2. The van der Waals surface area contributed by atoms with Gasteiger partial charge in [-0.15, -0.1) is 0 Å². The Bertz CT molecular complexity index is 420. The van der Waals surface area contributed by atoms with Crippen molar-refractivity contribution < 1.29 is 4.21 Å². The summed E-state index contributed by atoms with van der Waals surface area (Å²) in [5.41, 5.74) is 7.37. The van der Waals surface area contributed by atoms with E-state index in [9.17, 15) is 4.21 Å². The third-order valence-corrected chi connectivity index (χ3v) is 4.22. The first kappa shape index (κ1) is 12.3. The van der Waals surface area contributed by atoms with E-state index in [2.05, 4.69) is 4.90 Å². The first-order valence-electron chi connectivity index (χ1n) is 5.66. The fourth-order valence-corrected chi connectivity index (χ4v) is 3.01. The quantitative estimate of drug-likeness (QED) is 0.608. The molecule has 1 aromatic carbocycles. The van der Waals surface area contributed by atoms with Gasteiger partial charge in [-0.25, -0.2) is 0 Å². The van der Waals surface area contributed by atoms with Crippen molar-refractivity contribution in [1.29, 1.82) is 5.41 Å². The van der Waals surface area contributed by atoms with Crippen LogP contribution in [-0.4, -0.2) is 39.5 Å². The van der Waals surface area contributed by atoms with Crippen molar-refractivity contribution in [3.63, 3.8) is 0 Å². The zero-order chi connectivity index (χ0) is 12.3. The average Bonchev–Trinajstić information content (AvgIpc) is 2.33. The molecular weight excluding hydrogens is 234 g/mol. The molecule has 1 saturated heterocycles. The fourth-order valence-electron chi connectivity index (χ4n) is 1.88. The van der Waals surface area contributed by atoms with Crippen molar-refractivity contribution >= 4 is 16.6 Å². The number of nitrogens with zero attached hydrogens (tertiary/aromatic N) is 1. The Morgan fingerprint density at radius 3 is 2.41 bits per heavy atom. The van der Waals surface area contributed by atoms with Crippen molar-refractivity contribution in [1.82, 2.24) is 4.90 Å². The van der Waals surface area contributed by atoms with E-state index in [4.69, 9.17) is 11.1 Å². The van der Waals surface area contributed by atoms with Gasteiger partial charge in [0, 0.05) is 47.5 Å². The molecule has 1 aliphatic rings.